The van der Waals surface area contributed by atoms with Crippen LogP contribution in [0.1, 0.15) is 54.3 Å². The highest BCUT2D eigenvalue weighted by Crippen LogP contribution is 2.34. The molecule has 6 heteroatoms. The lowest BCUT2D eigenvalue weighted by Crippen LogP contribution is -2.17. The molecular weight excluding hydrogens is 333 g/mol. The zero-order chi connectivity index (χ0) is 16.4. The van der Waals surface area contributed by atoms with Crippen LogP contribution in [0.25, 0.3) is 11.3 Å². The molecule has 0 aliphatic heterocycles. The van der Waals surface area contributed by atoms with E-state index in [2.05, 4.69) is 9.97 Å². The van der Waals surface area contributed by atoms with E-state index >= 15 is 0 Å². The number of hydrogen-bond donors (Lipinski definition) is 1. The van der Waals surface area contributed by atoms with Crippen molar-refractivity contribution in [3.05, 3.63) is 45.8 Å². The molecule has 120 valence electrons. The zero-order valence-electron chi connectivity index (χ0n) is 12.6. The van der Waals surface area contributed by atoms with Gasteiger partial charge in [0.2, 0.25) is 0 Å². The second-order valence-corrected chi connectivity index (χ2v) is 6.66. The number of rotatable bonds is 3. The van der Waals surface area contributed by atoms with Gasteiger partial charge in [0.1, 0.15) is 11.5 Å². The minimum atomic E-state index is -0.566. The van der Waals surface area contributed by atoms with Gasteiger partial charge in [0.05, 0.1) is 10.7 Å². The topological polar surface area (TPSA) is 68.9 Å². The van der Waals surface area contributed by atoms with E-state index in [0.29, 0.717) is 27.1 Å². The predicted molar refractivity (Wildman–Crippen MR) is 91.8 cm³/mol. The lowest BCUT2D eigenvalue weighted by molar-refractivity contribution is 0.0995. The summed E-state index contributed by atoms with van der Waals surface area (Å²) in [6, 6.07) is 6.74. The summed E-state index contributed by atoms with van der Waals surface area (Å²) in [5.41, 5.74) is 6.92. The van der Waals surface area contributed by atoms with Gasteiger partial charge in [-0.25, -0.2) is 9.97 Å². The van der Waals surface area contributed by atoms with Crippen LogP contribution in [0.2, 0.25) is 10.0 Å². The fourth-order valence-electron chi connectivity index (χ4n) is 2.97. The van der Waals surface area contributed by atoms with Crippen LogP contribution < -0.4 is 5.73 Å². The molecule has 3 rings (SSSR count). The van der Waals surface area contributed by atoms with Gasteiger partial charge in [-0.2, -0.15) is 0 Å². The van der Waals surface area contributed by atoms with E-state index in [1.54, 1.807) is 24.3 Å². The van der Waals surface area contributed by atoms with Gasteiger partial charge < -0.3 is 5.73 Å². The van der Waals surface area contributed by atoms with Crippen LogP contribution in [0.3, 0.4) is 0 Å². The summed E-state index contributed by atoms with van der Waals surface area (Å²) in [5.74, 6) is 0.371. The van der Waals surface area contributed by atoms with Crippen LogP contribution in [-0.2, 0) is 0 Å². The van der Waals surface area contributed by atoms with Crippen molar-refractivity contribution >= 4 is 29.1 Å². The van der Waals surface area contributed by atoms with Gasteiger partial charge in [-0.3, -0.25) is 4.79 Å². The first-order valence-electron chi connectivity index (χ1n) is 7.69. The molecule has 0 unspecified atom stereocenters. The molecule has 0 saturated heterocycles. The Morgan fingerprint density at radius 1 is 1.09 bits per heavy atom. The van der Waals surface area contributed by atoms with Crippen molar-refractivity contribution in [2.45, 2.75) is 38.0 Å². The lowest BCUT2D eigenvalue weighted by Gasteiger charge is -2.21. The Hall–Kier alpha value is -1.65. The molecule has 1 aliphatic rings. The minimum absolute atomic E-state index is 0.214. The Morgan fingerprint density at radius 2 is 1.83 bits per heavy atom. The number of primary amides is 1. The SMILES string of the molecule is NC(=O)c1cc(-c2cc(Cl)ccc2Cl)nc(C2CCCCC2)n1. The first-order valence-corrected chi connectivity index (χ1v) is 8.44. The Bertz CT molecular complexity index is 743. The number of amides is 1. The van der Waals surface area contributed by atoms with Crippen molar-refractivity contribution in [3.8, 4) is 11.3 Å². The van der Waals surface area contributed by atoms with Crippen LogP contribution in [0.4, 0.5) is 0 Å². The molecule has 2 N–H and O–H groups in total. The number of carbonyl (C=O) groups is 1. The van der Waals surface area contributed by atoms with E-state index in [1.807, 2.05) is 0 Å². The van der Waals surface area contributed by atoms with Crippen molar-refractivity contribution in [2.24, 2.45) is 5.73 Å². The Kier molecular flexibility index (Phi) is 4.83. The zero-order valence-corrected chi connectivity index (χ0v) is 14.1. The van der Waals surface area contributed by atoms with Crippen molar-refractivity contribution in [1.29, 1.82) is 0 Å². The van der Waals surface area contributed by atoms with Gasteiger partial charge in [0.15, 0.2) is 0 Å². The molecule has 4 nitrogen and oxygen atoms in total. The monoisotopic (exact) mass is 349 g/mol. The molecule has 23 heavy (non-hydrogen) atoms. The Labute approximate surface area is 145 Å². The molecule has 1 heterocycles. The van der Waals surface area contributed by atoms with Gasteiger partial charge in [0, 0.05) is 16.5 Å². The second-order valence-electron chi connectivity index (χ2n) is 5.82. The van der Waals surface area contributed by atoms with Crippen LogP contribution >= 0.6 is 23.2 Å². The third-order valence-corrected chi connectivity index (χ3v) is 4.74. The highest BCUT2D eigenvalue weighted by Gasteiger charge is 2.21. The standard InChI is InChI=1S/C17H17Cl2N3O/c18-11-6-7-13(19)12(8-11)14-9-15(16(20)23)22-17(21-14)10-4-2-1-3-5-10/h6-10H,1-5H2,(H2,20,23). The average Bonchev–Trinajstić information content (AvgIpc) is 2.57. The van der Waals surface area contributed by atoms with Gasteiger partial charge in [0.25, 0.3) is 5.91 Å². The van der Waals surface area contributed by atoms with Crippen LogP contribution in [0.5, 0.6) is 0 Å². The number of aromatic nitrogens is 2. The van der Waals surface area contributed by atoms with E-state index < -0.39 is 5.91 Å². The van der Waals surface area contributed by atoms with E-state index in [-0.39, 0.29) is 11.6 Å². The van der Waals surface area contributed by atoms with Crippen molar-refractivity contribution in [2.75, 3.05) is 0 Å². The molecule has 1 saturated carbocycles. The summed E-state index contributed by atoms with van der Waals surface area (Å²) in [7, 11) is 0. The predicted octanol–water partition coefficient (Wildman–Crippen LogP) is 4.60. The lowest BCUT2D eigenvalue weighted by atomic mass is 9.88. The van der Waals surface area contributed by atoms with E-state index in [0.717, 1.165) is 25.7 Å². The number of carbonyl (C=O) groups excluding carboxylic acids is 1. The van der Waals surface area contributed by atoms with Gasteiger partial charge in [-0.15, -0.1) is 0 Å². The Balaban J connectivity index is 2.10. The summed E-state index contributed by atoms with van der Waals surface area (Å²) < 4.78 is 0. The van der Waals surface area contributed by atoms with Crippen molar-refractivity contribution in [3.63, 3.8) is 0 Å². The molecule has 0 atom stereocenters. The second kappa shape index (κ2) is 6.85. The van der Waals surface area contributed by atoms with Gasteiger partial charge >= 0.3 is 0 Å². The first kappa shape index (κ1) is 16.2. The highest BCUT2D eigenvalue weighted by atomic mass is 35.5. The molecule has 1 fully saturated rings. The molecule has 0 bridgehead atoms. The Morgan fingerprint density at radius 3 is 2.52 bits per heavy atom. The van der Waals surface area contributed by atoms with Crippen molar-refractivity contribution < 1.29 is 4.79 Å². The maximum Gasteiger partial charge on any atom is 0.267 e. The number of halogens is 2. The van der Waals surface area contributed by atoms with Crippen LogP contribution in [-0.4, -0.2) is 15.9 Å². The molecular formula is C17H17Cl2N3O. The first-order chi connectivity index (χ1) is 11.0. The third-order valence-electron chi connectivity index (χ3n) is 4.17. The number of nitrogens with two attached hydrogens (primary N) is 1. The normalized spacial score (nSPS) is 15.6. The minimum Gasteiger partial charge on any atom is -0.364 e. The summed E-state index contributed by atoms with van der Waals surface area (Å²) in [5, 5.41) is 1.08. The quantitative estimate of drug-likeness (QED) is 0.880. The summed E-state index contributed by atoms with van der Waals surface area (Å²) in [6.45, 7) is 0. The maximum absolute atomic E-state index is 11.6. The maximum atomic E-state index is 11.6. The summed E-state index contributed by atoms with van der Waals surface area (Å²) >= 11 is 12.3. The summed E-state index contributed by atoms with van der Waals surface area (Å²) in [6.07, 6.45) is 5.61. The molecule has 0 spiro atoms. The number of hydrogen-bond acceptors (Lipinski definition) is 3. The van der Waals surface area contributed by atoms with Crippen LogP contribution in [0.15, 0.2) is 24.3 Å². The molecule has 2 aromatic rings. The summed E-state index contributed by atoms with van der Waals surface area (Å²) in [4.78, 5) is 20.7. The highest BCUT2D eigenvalue weighted by molar-refractivity contribution is 6.35. The van der Waals surface area contributed by atoms with E-state index in [1.165, 1.54) is 6.42 Å². The fourth-order valence-corrected chi connectivity index (χ4v) is 3.35. The largest absolute Gasteiger partial charge is 0.364 e. The third kappa shape index (κ3) is 3.65. The number of nitrogens with zero attached hydrogens (tertiary/aromatic N) is 2. The average molecular weight is 350 g/mol. The van der Waals surface area contributed by atoms with Crippen molar-refractivity contribution in [1.82, 2.24) is 9.97 Å². The van der Waals surface area contributed by atoms with Gasteiger partial charge in [-0.05, 0) is 37.1 Å². The van der Waals surface area contributed by atoms with Crippen LogP contribution in [0, 0.1) is 0 Å². The van der Waals surface area contributed by atoms with E-state index in [4.69, 9.17) is 28.9 Å². The molecule has 0 radical (unpaired) electrons. The molecule has 1 amide bonds. The molecule has 1 aliphatic carbocycles. The number of benzene rings is 1. The molecule has 1 aromatic heterocycles. The van der Waals surface area contributed by atoms with E-state index in [9.17, 15) is 4.79 Å². The fraction of sp³-hybridized carbons (Fsp3) is 0.353. The smallest absolute Gasteiger partial charge is 0.267 e. The molecule has 1 aromatic carbocycles. The van der Waals surface area contributed by atoms with Gasteiger partial charge in [-0.1, -0.05) is 42.5 Å².